The van der Waals surface area contributed by atoms with E-state index in [1.165, 1.54) is 14.1 Å². The summed E-state index contributed by atoms with van der Waals surface area (Å²) in [5, 5.41) is 4.25. The lowest BCUT2D eigenvalue weighted by molar-refractivity contribution is 0.504. The molecule has 6 nitrogen and oxygen atoms in total. The third kappa shape index (κ3) is 2.63. The van der Waals surface area contributed by atoms with Gasteiger partial charge in [0.25, 0.3) is 10.2 Å². The van der Waals surface area contributed by atoms with Crippen LogP contribution in [0.5, 0.6) is 0 Å². The highest BCUT2D eigenvalue weighted by Crippen LogP contribution is 2.05. The van der Waals surface area contributed by atoms with Crippen molar-refractivity contribution in [2.45, 2.75) is 6.54 Å². The molecule has 0 amide bonds. The van der Waals surface area contributed by atoms with Gasteiger partial charge < -0.3 is 0 Å². The van der Waals surface area contributed by atoms with Crippen LogP contribution >= 0.6 is 0 Å². The van der Waals surface area contributed by atoms with Crippen molar-refractivity contribution in [3.05, 3.63) is 36.2 Å². The lowest BCUT2D eigenvalue weighted by Gasteiger charge is -2.10. The van der Waals surface area contributed by atoms with Crippen LogP contribution in [0.4, 0.5) is 0 Å². The van der Waals surface area contributed by atoms with Crippen LogP contribution in [-0.4, -0.2) is 36.4 Å². The number of rotatable bonds is 4. The summed E-state index contributed by atoms with van der Waals surface area (Å²) in [6, 6.07) is 7.54. The molecule has 0 spiro atoms. The van der Waals surface area contributed by atoms with Crippen molar-refractivity contribution in [2.75, 3.05) is 14.1 Å². The van der Waals surface area contributed by atoms with Gasteiger partial charge in [-0.3, -0.25) is 0 Å². The number of pyridine rings is 1. The van der Waals surface area contributed by atoms with Gasteiger partial charge in [0, 0.05) is 20.3 Å². The summed E-state index contributed by atoms with van der Waals surface area (Å²) in [5.41, 5.74) is 1.62. The Morgan fingerprint density at radius 3 is 2.82 bits per heavy atom. The van der Waals surface area contributed by atoms with E-state index in [9.17, 15) is 8.42 Å². The van der Waals surface area contributed by atoms with Gasteiger partial charge in [0.1, 0.15) is 0 Å². The second-order valence-electron chi connectivity index (χ2n) is 3.81. The molecule has 0 saturated heterocycles. The molecule has 0 bridgehead atoms. The minimum absolute atomic E-state index is 0.183. The molecule has 17 heavy (non-hydrogen) atoms. The van der Waals surface area contributed by atoms with E-state index in [2.05, 4.69) is 9.82 Å². The van der Waals surface area contributed by atoms with Gasteiger partial charge in [-0.05, 0) is 18.2 Å². The van der Waals surface area contributed by atoms with Crippen LogP contribution < -0.4 is 4.72 Å². The molecule has 1 N–H and O–H groups in total. The van der Waals surface area contributed by atoms with E-state index in [1.54, 1.807) is 4.52 Å². The molecular weight excluding hydrogens is 240 g/mol. The Bertz CT molecular complexity index is 585. The Hall–Kier alpha value is -1.44. The van der Waals surface area contributed by atoms with Gasteiger partial charge in [-0.25, -0.2) is 4.52 Å². The molecule has 2 aromatic rings. The molecule has 0 aliphatic carbocycles. The van der Waals surface area contributed by atoms with E-state index >= 15 is 0 Å². The van der Waals surface area contributed by atoms with Gasteiger partial charge >= 0.3 is 0 Å². The predicted octanol–water partition coefficient (Wildman–Crippen LogP) is 0.230. The second kappa shape index (κ2) is 4.44. The van der Waals surface area contributed by atoms with Gasteiger partial charge in [-0.2, -0.15) is 22.5 Å². The van der Waals surface area contributed by atoms with Crippen molar-refractivity contribution in [1.29, 1.82) is 0 Å². The highest BCUT2D eigenvalue weighted by molar-refractivity contribution is 7.87. The van der Waals surface area contributed by atoms with E-state index in [1.807, 2.05) is 30.5 Å². The number of hydrogen-bond donors (Lipinski definition) is 1. The molecule has 0 radical (unpaired) electrons. The first kappa shape index (κ1) is 12.0. The number of nitrogens with one attached hydrogen (secondary N) is 1. The average molecular weight is 254 g/mol. The molecule has 0 saturated carbocycles. The Labute approximate surface area is 100 Å². The molecule has 7 heteroatoms. The molecule has 0 aliphatic rings. The van der Waals surface area contributed by atoms with Crippen molar-refractivity contribution < 1.29 is 8.42 Å². The maximum atomic E-state index is 11.5. The van der Waals surface area contributed by atoms with Gasteiger partial charge in [-0.15, -0.1) is 0 Å². The molecule has 2 aromatic heterocycles. The van der Waals surface area contributed by atoms with Crippen LogP contribution in [0.3, 0.4) is 0 Å². The fourth-order valence-corrected chi connectivity index (χ4v) is 1.96. The SMILES string of the molecule is CN(C)S(=O)(=O)NCc1cc2ccccn2n1. The van der Waals surface area contributed by atoms with Crippen LogP contribution in [0.15, 0.2) is 30.5 Å². The summed E-state index contributed by atoms with van der Waals surface area (Å²) in [6.07, 6.45) is 1.82. The molecule has 0 unspecified atom stereocenters. The van der Waals surface area contributed by atoms with Gasteiger partial charge in [0.2, 0.25) is 0 Å². The molecule has 0 atom stereocenters. The lowest BCUT2D eigenvalue weighted by Crippen LogP contribution is -2.35. The minimum Gasteiger partial charge on any atom is -0.241 e. The van der Waals surface area contributed by atoms with Crippen LogP contribution in [0.2, 0.25) is 0 Å². The van der Waals surface area contributed by atoms with E-state index in [0.717, 1.165) is 9.82 Å². The summed E-state index contributed by atoms with van der Waals surface area (Å²) in [5.74, 6) is 0. The zero-order valence-electron chi connectivity index (χ0n) is 9.66. The number of hydrogen-bond acceptors (Lipinski definition) is 3. The maximum Gasteiger partial charge on any atom is 0.279 e. The Morgan fingerprint density at radius 2 is 2.18 bits per heavy atom. The summed E-state index contributed by atoms with van der Waals surface area (Å²) in [4.78, 5) is 0. The molecule has 0 aromatic carbocycles. The van der Waals surface area contributed by atoms with E-state index in [-0.39, 0.29) is 6.54 Å². The highest BCUT2D eigenvalue weighted by atomic mass is 32.2. The zero-order chi connectivity index (χ0) is 12.5. The molecule has 0 aliphatic heterocycles. The smallest absolute Gasteiger partial charge is 0.241 e. The Balaban J connectivity index is 2.15. The van der Waals surface area contributed by atoms with Crippen LogP contribution in [-0.2, 0) is 16.8 Å². The summed E-state index contributed by atoms with van der Waals surface area (Å²) >= 11 is 0. The monoisotopic (exact) mass is 254 g/mol. The third-order valence-electron chi connectivity index (χ3n) is 2.34. The van der Waals surface area contributed by atoms with Crippen molar-refractivity contribution >= 4 is 15.7 Å². The van der Waals surface area contributed by atoms with E-state index < -0.39 is 10.2 Å². The molecule has 0 fully saturated rings. The third-order valence-corrected chi connectivity index (χ3v) is 3.81. The maximum absolute atomic E-state index is 11.5. The Morgan fingerprint density at radius 1 is 1.41 bits per heavy atom. The van der Waals surface area contributed by atoms with Crippen LogP contribution in [0, 0.1) is 0 Å². The topological polar surface area (TPSA) is 66.7 Å². The van der Waals surface area contributed by atoms with Gasteiger partial charge in [0.15, 0.2) is 0 Å². The number of aromatic nitrogens is 2. The molecular formula is C10H14N4O2S. The zero-order valence-corrected chi connectivity index (χ0v) is 10.5. The van der Waals surface area contributed by atoms with E-state index in [0.29, 0.717) is 5.69 Å². The van der Waals surface area contributed by atoms with Crippen molar-refractivity contribution in [3.8, 4) is 0 Å². The van der Waals surface area contributed by atoms with Gasteiger partial charge in [-0.1, -0.05) is 6.07 Å². The highest BCUT2D eigenvalue weighted by Gasteiger charge is 2.13. The molecule has 92 valence electrons. The second-order valence-corrected chi connectivity index (χ2v) is 5.78. The number of fused-ring (bicyclic) bond motifs is 1. The quantitative estimate of drug-likeness (QED) is 0.849. The standard InChI is InChI=1S/C10H14N4O2S/c1-13(2)17(15,16)11-8-9-7-10-5-3-4-6-14(10)12-9/h3-7,11H,8H2,1-2H3. The molecule has 2 heterocycles. The fourth-order valence-electron chi connectivity index (χ4n) is 1.37. The summed E-state index contributed by atoms with van der Waals surface area (Å²) in [7, 11) is -0.443. The predicted molar refractivity (Wildman–Crippen MR) is 64.6 cm³/mol. The normalized spacial score (nSPS) is 12.4. The van der Waals surface area contributed by atoms with Gasteiger partial charge in [0.05, 0.1) is 17.8 Å². The number of nitrogens with zero attached hydrogens (tertiary/aromatic N) is 3. The van der Waals surface area contributed by atoms with Crippen molar-refractivity contribution in [3.63, 3.8) is 0 Å². The first-order valence-corrected chi connectivity index (χ1v) is 6.53. The minimum atomic E-state index is -3.40. The van der Waals surface area contributed by atoms with Crippen molar-refractivity contribution in [2.24, 2.45) is 0 Å². The summed E-state index contributed by atoms with van der Waals surface area (Å²) in [6.45, 7) is 0.183. The largest absolute Gasteiger partial charge is 0.279 e. The molecule has 2 rings (SSSR count). The first-order valence-electron chi connectivity index (χ1n) is 5.09. The van der Waals surface area contributed by atoms with Crippen LogP contribution in [0.25, 0.3) is 5.52 Å². The van der Waals surface area contributed by atoms with E-state index in [4.69, 9.17) is 0 Å². The summed E-state index contributed by atoms with van der Waals surface area (Å²) < 4.78 is 28.3. The first-order chi connectivity index (χ1) is 7.99. The fraction of sp³-hybridized carbons (Fsp3) is 0.300. The van der Waals surface area contributed by atoms with Crippen molar-refractivity contribution in [1.82, 2.24) is 18.6 Å². The lowest BCUT2D eigenvalue weighted by atomic mass is 10.3. The average Bonchev–Trinajstić information content (AvgIpc) is 2.69. The Kier molecular flexibility index (Phi) is 3.14. The van der Waals surface area contributed by atoms with Crippen LogP contribution in [0.1, 0.15) is 5.69 Å².